The first-order chi connectivity index (χ1) is 18.0. The molecule has 8 nitrogen and oxygen atoms in total. The van der Waals surface area contributed by atoms with Crippen LogP contribution in [0, 0.1) is 0 Å². The molecular formula is C29H32N6O2. The molecule has 3 aromatic carbocycles. The highest BCUT2D eigenvalue weighted by Crippen LogP contribution is 2.20. The number of carbonyl (C=O) groups excluding carboxylic acids is 1. The average molecular weight is 497 g/mol. The van der Waals surface area contributed by atoms with E-state index in [2.05, 4.69) is 67.5 Å². The van der Waals surface area contributed by atoms with Crippen LogP contribution in [0.5, 0.6) is 0 Å². The number of hydrogen-bond acceptors (Lipinski definition) is 6. The molecule has 5 rings (SSSR count). The predicted octanol–water partition coefficient (Wildman–Crippen LogP) is 3.32. The molecule has 1 amide bonds. The van der Waals surface area contributed by atoms with Crippen molar-refractivity contribution in [1.82, 2.24) is 19.8 Å². The van der Waals surface area contributed by atoms with Gasteiger partial charge in [-0.05, 0) is 49.0 Å². The number of likely N-dealkylation sites (N-methyl/N-ethyl adjacent to an activating group) is 1. The van der Waals surface area contributed by atoms with Crippen molar-refractivity contribution < 1.29 is 4.79 Å². The van der Waals surface area contributed by atoms with Crippen molar-refractivity contribution in [1.29, 1.82) is 0 Å². The largest absolute Gasteiger partial charge is 0.369 e. The lowest BCUT2D eigenvalue weighted by Gasteiger charge is -2.36. The Morgan fingerprint density at radius 3 is 2.41 bits per heavy atom. The van der Waals surface area contributed by atoms with Crippen molar-refractivity contribution in [2.24, 2.45) is 0 Å². The van der Waals surface area contributed by atoms with E-state index in [-0.39, 0.29) is 18.0 Å². The second-order valence-corrected chi connectivity index (χ2v) is 9.55. The molecule has 4 aromatic rings. The normalized spacial score (nSPS) is 14.3. The van der Waals surface area contributed by atoms with Gasteiger partial charge in [-0.2, -0.15) is 0 Å². The maximum atomic E-state index is 12.6. The van der Waals surface area contributed by atoms with Gasteiger partial charge < -0.3 is 15.2 Å². The molecule has 0 radical (unpaired) electrons. The zero-order chi connectivity index (χ0) is 25.6. The van der Waals surface area contributed by atoms with Crippen LogP contribution in [-0.2, 0) is 17.9 Å². The van der Waals surface area contributed by atoms with Gasteiger partial charge in [0.2, 0.25) is 5.91 Å². The van der Waals surface area contributed by atoms with E-state index in [0.717, 1.165) is 38.4 Å². The molecule has 1 saturated heterocycles. The Bertz CT molecular complexity index is 1400. The van der Waals surface area contributed by atoms with Gasteiger partial charge in [-0.25, -0.2) is 4.98 Å². The van der Waals surface area contributed by atoms with Gasteiger partial charge in [-0.1, -0.05) is 42.5 Å². The number of aromatic nitrogens is 2. The number of hydrogen-bond donors (Lipinski definition) is 2. The molecule has 0 bridgehead atoms. The van der Waals surface area contributed by atoms with Crippen molar-refractivity contribution >= 4 is 28.2 Å². The summed E-state index contributed by atoms with van der Waals surface area (Å²) in [4.78, 5) is 38.9. The zero-order valence-electron chi connectivity index (χ0n) is 21.1. The number of amides is 1. The summed E-state index contributed by atoms with van der Waals surface area (Å²) in [5, 5.41) is 3.52. The molecule has 0 unspecified atom stereocenters. The van der Waals surface area contributed by atoms with Crippen LogP contribution < -0.4 is 15.8 Å². The molecule has 2 heterocycles. The van der Waals surface area contributed by atoms with Crippen LogP contribution in [0.4, 0.5) is 11.4 Å². The predicted molar refractivity (Wildman–Crippen MR) is 148 cm³/mol. The highest BCUT2D eigenvalue weighted by atomic mass is 16.2. The molecule has 1 fully saturated rings. The van der Waals surface area contributed by atoms with E-state index in [0.29, 0.717) is 23.3 Å². The molecular weight excluding hydrogens is 464 g/mol. The Hall–Kier alpha value is -4.01. The Labute approximate surface area is 216 Å². The fourth-order valence-electron chi connectivity index (χ4n) is 4.73. The van der Waals surface area contributed by atoms with Crippen molar-refractivity contribution in [2.75, 3.05) is 50.0 Å². The maximum absolute atomic E-state index is 12.6. The third-order valence-corrected chi connectivity index (χ3v) is 6.63. The van der Waals surface area contributed by atoms with Crippen LogP contribution >= 0.6 is 0 Å². The summed E-state index contributed by atoms with van der Waals surface area (Å²) >= 11 is 0. The number of fused-ring (bicyclic) bond motifs is 1. The molecule has 0 aliphatic carbocycles. The van der Waals surface area contributed by atoms with Gasteiger partial charge in [0.25, 0.3) is 5.56 Å². The smallest absolute Gasteiger partial charge is 0.258 e. The van der Waals surface area contributed by atoms with Gasteiger partial charge in [-0.3, -0.25) is 19.4 Å². The number of piperazine rings is 1. The second kappa shape index (κ2) is 11.4. The molecule has 190 valence electrons. The van der Waals surface area contributed by atoms with Crippen LogP contribution in [-0.4, -0.2) is 65.4 Å². The molecule has 0 atom stereocenters. The molecule has 0 saturated carbocycles. The zero-order valence-corrected chi connectivity index (χ0v) is 21.1. The first kappa shape index (κ1) is 24.7. The topological polar surface area (TPSA) is 84.6 Å². The van der Waals surface area contributed by atoms with Crippen molar-refractivity contribution in [2.45, 2.75) is 13.1 Å². The van der Waals surface area contributed by atoms with Gasteiger partial charge in [0.1, 0.15) is 5.82 Å². The number of nitrogens with one attached hydrogen (secondary N) is 2. The standard InChI is InChI=1S/C29H32N6O2/c1-33(20-27-31-26-10-6-5-9-25(26)29(37)32-27)21-28(36)30-23-11-13-24(14-12-23)35-17-15-34(16-18-35)19-22-7-3-2-4-8-22/h2-14H,15-21H2,1H3,(H,30,36)(H,31,32,37). The lowest BCUT2D eigenvalue weighted by molar-refractivity contribution is -0.117. The van der Waals surface area contributed by atoms with E-state index in [1.165, 1.54) is 11.3 Å². The number of carbonyl (C=O) groups is 1. The van der Waals surface area contributed by atoms with Gasteiger partial charge in [0.05, 0.1) is 24.0 Å². The fraction of sp³-hybridized carbons (Fsp3) is 0.276. The quantitative estimate of drug-likeness (QED) is 0.389. The van der Waals surface area contributed by atoms with E-state index >= 15 is 0 Å². The summed E-state index contributed by atoms with van der Waals surface area (Å²) in [6.45, 7) is 5.54. The Kier molecular flexibility index (Phi) is 7.58. The van der Waals surface area contributed by atoms with E-state index in [9.17, 15) is 9.59 Å². The molecule has 37 heavy (non-hydrogen) atoms. The summed E-state index contributed by atoms with van der Waals surface area (Å²) in [5.41, 5.74) is 3.76. The Balaban J connectivity index is 1.10. The van der Waals surface area contributed by atoms with Gasteiger partial charge in [-0.15, -0.1) is 0 Å². The summed E-state index contributed by atoms with van der Waals surface area (Å²) in [7, 11) is 1.83. The highest BCUT2D eigenvalue weighted by molar-refractivity contribution is 5.92. The van der Waals surface area contributed by atoms with Crippen LogP contribution in [0.15, 0.2) is 83.7 Å². The minimum Gasteiger partial charge on any atom is -0.369 e. The summed E-state index contributed by atoms with van der Waals surface area (Å²) in [6, 6.07) is 25.9. The van der Waals surface area contributed by atoms with Crippen molar-refractivity contribution in [3.05, 3.63) is 101 Å². The summed E-state index contributed by atoms with van der Waals surface area (Å²) in [5.74, 6) is 0.417. The first-order valence-electron chi connectivity index (χ1n) is 12.6. The number of rotatable bonds is 8. The number of nitrogens with zero attached hydrogens (tertiary/aromatic N) is 4. The number of anilines is 2. The minimum atomic E-state index is -0.170. The SMILES string of the molecule is CN(CC(=O)Nc1ccc(N2CCN(Cc3ccccc3)CC2)cc1)Cc1nc2ccccc2c(=O)[nH]1. The summed E-state index contributed by atoms with van der Waals surface area (Å²) < 4.78 is 0. The van der Waals surface area contributed by atoms with E-state index in [4.69, 9.17) is 0 Å². The van der Waals surface area contributed by atoms with Crippen LogP contribution in [0.25, 0.3) is 10.9 Å². The van der Waals surface area contributed by atoms with Gasteiger partial charge in [0, 0.05) is 44.1 Å². The van der Waals surface area contributed by atoms with E-state index in [1.807, 2.05) is 42.3 Å². The minimum absolute atomic E-state index is 0.118. The number of para-hydroxylation sites is 1. The summed E-state index contributed by atoms with van der Waals surface area (Å²) in [6.07, 6.45) is 0. The van der Waals surface area contributed by atoms with Crippen LogP contribution in [0.1, 0.15) is 11.4 Å². The van der Waals surface area contributed by atoms with Crippen LogP contribution in [0.3, 0.4) is 0 Å². The van der Waals surface area contributed by atoms with E-state index < -0.39 is 0 Å². The van der Waals surface area contributed by atoms with Gasteiger partial charge >= 0.3 is 0 Å². The lowest BCUT2D eigenvalue weighted by Crippen LogP contribution is -2.45. The van der Waals surface area contributed by atoms with Crippen LogP contribution in [0.2, 0.25) is 0 Å². The Morgan fingerprint density at radius 1 is 0.946 bits per heavy atom. The monoisotopic (exact) mass is 496 g/mol. The molecule has 0 spiro atoms. The lowest BCUT2D eigenvalue weighted by atomic mass is 10.2. The molecule has 1 aliphatic rings. The molecule has 8 heteroatoms. The van der Waals surface area contributed by atoms with E-state index in [1.54, 1.807) is 6.07 Å². The maximum Gasteiger partial charge on any atom is 0.258 e. The third kappa shape index (κ3) is 6.41. The average Bonchev–Trinajstić information content (AvgIpc) is 2.90. The van der Waals surface area contributed by atoms with Crippen molar-refractivity contribution in [3.8, 4) is 0 Å². The fourth-order valence-corrected chi connectivity index (χ4v) is 4.73. The number of aromatic amines is 1. The number of H-pyrrole nitrogens is 1. The number of benzene rings is 3. The highest BCUT2D eigenvalue weighted by Gasteiger charge is 2.17. The molecule has 1 aromatic heterocycles. The van der Waals surface area contributed by atoms with Crippen molar-refractivity contribution in [3.63, 3.8) is 0 Å². The van der Waals surface area contributed by atoms with Gasteiger partial charge in [0.15, 0.2) is 0 Å². The first-order valence-corrected chi connectivity index (χ1v) is 12.6. The molecule has 1 aliphatic heterocycles. The third-order valence-electron chi connectivity index (χ3n) is 6.63. The Morgan fingerprint density at radius 2 is 1.65 bits per heavy atom. The molecule has 2 N–H and O–H groups in total. The second-order valence-electron chi connectivity index (χ2n) is 9.55.